The van der Waals surface area contributed by atoms with E-state index < -0.39 is 0 Å². The number of aromatic nitrogens is 4. The van der Waals surface area contributed by atoms with E-state index >= 15 is 0 Å². The minimum Gasteiger partial charge on any atom is -0.340 e. The van der Waals surface area contributed by atoms with Gasteiger partial charge < -0.3 is 10.2 Å². The van der Waals surface area contributed by atoms with Crippen LogP contribution in [0.3, 0.4) is 0 Å². The summed E-state index contributed by atoms with van der Waals surface area (Å²) in [5.74, 6) is 1.54. The number of amides is 1. The smallest absolute Gasteiger partial charge is 0.273 e. The fourth-order valence-electron chi connectivity index (χ4n) is 4.03. The van der Waals surface area contributed by atoms with Crippen LogP contribution in [0.2, 0.25) is 0 Å². The van der Waals surface area contributed by atoms with Crippen LogP contribution in [0.15, 0.2) is 36.0 Å². The van der Waals surface area contributed by atoms with Crippen molar-refractivity contribution in [3.05, 3.63) is 58.7 Å². The summed E-state index contributed by atoms with van der Waals surface area (Å²) in [6.45, 7) is 4.70. The largest absolute Gasteiger partial charge is 0.340 e. The predicted molar refractivity (Wildman–Crippen MR) is 131 cm³/mol. The minimum absolute atomic E-state index is 0.113. The summed E-state index contributed by atoms with van der Waals surface area (Å²) in [6.07, 6.45) is 6.31. The summed E-state index contributed by atoms with van der Waals surface area (Å²) in [5.41, 5.74) is 2.42. The van der Waals surface area contributed by atoms with E-state index in [-0.39, 0.29) is 11.8 Å². The Kier molecular flexibility index (Phi) is 7.77. The Morgan fingerprint density at radius 1 is 1.32 bits per heavy atom. The number of likely N-dealkylation sites (N-methyl/N-ethyl adjacent to an activating group) is 1. The van der Waals surface area contributed by atoms with Crippen molar-refractivity contribution in [3.8, 4) is 6.07 Å². The Morgan fingerprint density at radius 3 is 2.94 bits per heavy atom. The number of carbonyl (C=O) groups is 1. The van der Waals surface area contributed by atoms with Crippen molar-refractivity contribution in [1.29, 1.82) is 5.26 Å². The molecule has 176 valence electrons. The molecule has 0 spiro atoms. The Labute approximate surface area is 203 Å². The topological polar surface area (TPSA) is 111 Å². The van der Waals surface area contributed by atoms with Gasteiger partial charge in [0.15, 0.2) is 5.13 Å². The van der Waals surface area contributed by atoms with Gasteiger partial charge in [-0.25, -0.2) is 15.0 Å². The maximum absolute atomic E-state index is 12.8. The van der Waals surface area contributed by atoms with Crippen LogP contribution in [0.4, 0.5) is 10.9 Å². The molecule has 1 aliphatic rings. The van der Waals surface area contributed by atoms with Crippen molar-refractivity contribution in [2.24, 2.45) is 0 Å². The standard InChI is InChI=1S/C24H28N8OS/c1-17-14-21(29-22(27-17)19-4-3-11-32(15-19)13-8-25)30-24-28-20(16-34-24)23(33)31(2)12-7-18-5-9-26-10-6-18/h5-6,9-10,14,16,19H,3-4,7,11-13,15H2,1-2H3,(H,27,28,29,30)/t19-/m0/s1. The number of likely N-dealkylation sites (tertiary alicyclic amines) is 1. The number of nitriles is 1. The molecule has 1 fully saturated rings. The molecule has 1 saturated heterocycles. The van der Waals surface area contributed by atoms with Gasteiger partial charge in [0.2, 0.25) is 0 Å². The summed E-state index contributed by atoms with van der Waals surface area (Å²) in [7, 11) is 1.79. The summed E-state index contributed by atoms with van der Waals surface area (Å²) >= 11 is 1.38. The molecule has 0 bridgehead atoms. The van der Waals surface area contributed by atoms with Gasteiger partial charge in [0.05, 0.1) is 12.6 Å². The quantitative estimate of drug-likeness (QED) is 0.493. The molecule has 4 rings (SSSR count). The molecule has 3 aromatic rings. The molecule has 0 unspecified atom stereocenters. The van der Waals surface area contributed by atoms with E-state index in [1.807, 2.05) is 25.1 Å². The third-order valence-corrected chi connectivity index (χ3v) is 6.58. The number of pyridine rings is 1. The maximum atomic E-state index is 12.8. The monoisotopic (exact) mass is 476 g/mol. The molecule has 4 heterocycles. The average molecular weight is 477 g/mol. The summed E-state index contributed by atoms with van der Waals surface area (Å²) in [6, 6.07) is 8.02. The second-order valence-corrected chi connectivity index (χ2v) is 9.34. The van der Waals surface area contributed by atoms with Crippen LogP contribution in [0, 0.1) is 18.3 Å². The molecular formula is C24H28N8OS. The molecule has 1 aliphatic heterocycles. The van der Waals surface area contributed by atoms with Crippen LogP contribution in [0.1, 0.15) is 46.3 Å². The lowest BCUT2D eigenvalue weighted by atomic mass is 9.97. The second-order valence-electron chi connectivity index (χ2n) is 8.48. The van der Waals surface area contributed by atoms with E-state index in [1.165, 1.54) is 11.3 Å². The first kappa shape index (κ1) is 23.7. The molecule has 9 nitrogen and oxygen atoms in total. The van der Waals surface area contributed by atoms with E-state index in [0.717, 1.165) is 49.4 Å². The van der Waals surface area contributed by atoms with Gasteiger partial charge >= 0.3 is 0 Å². The number of piperidine rings is 1. The number of aryl methyl sites for hydroxylation is 1. The van der Waals surface area contributed by atoms with Crippen LogP contribution in [-0.4, -0.2) is 68.9 Å². The molecule has 0 aliphatic carbocycles. The van der Waals surface area contributed by atoms with Gasteiger partial charge in [-0.3, -0.25) is 14.7 Å². The van der Waals surface area contributed by atoms with Crippen LogP contribution in [0.25, 0.3) is 0 Å². The van der Waals surface area contributed by atoms with E-state index in [2.05, 4.69) is 31.2 Å². The highest BCUT2D eigenvalue weighted by molar-refractivity contribution is 7.14. The number of nitrogens with one attached hydrogen (secondary N) is 1. The number of anilines is 2. The highest BCUT2D eigenvalue weighted by atomic mass is 32.1. The normalized spacial score (nSPS) is 16.1. The first-order chi connectivity index (χ1) is 16.5. The number of hydrogen-bond donors (Lipinski definition) is 1. The number of thiazole rings is 1. The molecule has 10 heteroatoms. The molecule has 1 N–H and O–H groups in total. The number of rotatable bonds is 8. The fourth-order valence-corrected chi connectivity index (χ4v) is 4.72. The van der Waals surface area contributed by atoms with Crippen LogP contribution >= 0.6 is 11.3 Å². The third-order valence-electron chi connectivity index (χ3n) is 5.83. The number of nitrogens with zero attached hydrogens (tertiary/aromatic N) is 7. The van der Waals surface area contributed by atoms with Crippen molar-refractivity contribution in [3.63, 3.8) is 0 Å². The fraction of sp³-hybridized carbons (Fsp3) is 0.417. The molecule has 0 saturated carbocycles. The van der Waals surface area contributed by atoms with Crippen LogP contribution < -0.4 is 5.32 Å². The first-order valence-corrected chi connectivity index (χ1v) is 12.2. The molecular weight excluding hydrogens is 448 g/mol. The average Bonchev–Trinajstić information content (AvgIpc) is 3.31. The van der Waals surface area contributed by atoms with Crippen molar-refractivity contribution in [1.82, 2.24) is 29.7 Å². The van der Waals surface area contributed by atoms with Crippen LogP contribution in [0.5, 0.6) is 0 Å². The molecule has 34 heavy (non-hydrogen) atoms. The lowest BCUT2D eigenvalue weighted by Crippen LogP contribution is -2.35. The Balaban J connectivity index is 1.39. The van der Waals surface area contributed by atoms with E-state index in [0.29, 0.717) is 29.7 Å². The molecule has 0 aromatic carbocycles. The van der Waals surface area contributed by atoms with Gasteiger partial charge in [0, 0.05) is 55.6 Å². The van der Waals surface area contributed by atoms with Gasteiger partial charge in [-0.2, -0.15) is 5.26 Å². The van der Waals surface area contributed by atoms with Crippen molar-refractivity contribution < 1.29 is 4.79 Å². The maximum Gasteiger partial charge on any atom is 0.273 e. The number of carbonyl (C=O) groups excluding carboxylic acids is 1. The van der Waals surface area contributed by atoms with Gasteiger partial charge in [0.25, 0.3) is 5.91 Å². The summed E-state index contributed by atoms with van der Waals surface area (Å²) in [4.78, 5) is 34.5. The highest BCUT2D eigenvalue weighted by Gasteiger charge is 2.24. The highest BCUT2D eigenvalue weighted by Crippen LogP contribution is 2.27. The van der Waals surface area contributed by atoms with Gasteiger partial charge in [-0.15, -0.1) is 11.3 Å². The zero-order chi connectivity index (χ0) is 23.9. The first-order valence-electron chi connectivity index (χ1n) is 11.3. The van der Waals surface area contributed by atoms with Gasteiger partial charge in [-0.05, 0) is 50.4 Å². The molecule has 0 radical (unpaired) electrons. The zero-order valence-corrected chi connectivity index (χ0v) is 20.3. The third kappa shape index (κ3) is 6.12. The lowest BCUT2D eigenvalue weighted by Gasteiger charge is -2.30. The summed E-state index contributed by atoms with van der Waals surface area (Å²) in [5, 5.41) is 14.6. The van der Waals surface area contributed by atoms with Crippen molar-refractivity contribution >= 4 is 28.2 Å². The Hall–Kier alpha value is -3.42. The zero-order valence-electron chi connectivity index (χ0n) is 19.4. The predicted octanol–water partition coefficient (Wildman–Crippen LogP) is 3.40. The van der Waals surface area contributed by atoms with Crippen molar-refractivity contribution in [2.45, 2.75) is 32.1 Å². The molecule has 1 atom stereocenters. The van der Waals surface area contributed by atoms with Gasteiger partial charge in [-0.1, -0.05) is 0 Å². The number of hydrogen-bond acceptors (Lipinski definition) is 9. The molecule has 1 amide bonds. The summed E-state index contributed by atoms with van der Waals surface area (Å²) < 4.78 is 0. The second kappa shape index (κ2) is 11.1. The van der Waals surface area contributed by atoms with E-state index in [4.69, 9.17) is 10.2 Å². The van der Waals surface area contributed by atoms with Crippen LogP contribution in [-0.2, 0) is 6.42 Å². The van der Waals surface area contributed by atoms with Gasteiger partial charge in [0.1, 0.15) is 17.3 Å². The Morgan fingerprint density at radius 2 is 2.15 bits per heavy atom. The lowest BCUT2D eigenvalue weighted by molar-refractivity contribution is 0.0792. The van der Waals surface area contributed by atoms with E-state index in [1.54, 1.807) is 29.7 Å². The van der Waals surface area contributed by atoms with Crippen molar-refractivity contribution in [2.75, 3.05) is 38.5 Å². The molecule has 3 aromatic heterocycles. The minimum atomic E-state index is -0.113. The SMILES string of the molecule is Cc1cc(Nc2nc(C(=O)N(C)CCc3ccncc3)cs2)nc([C@H]2CCCN(CC#N)C2)n1. The van der Waals surface area contributed by atoms with E-state index in [9.17, 15) is 4.79 Å². The Bertz CT molecular complexity index is 1160.